The fourth-order valence-electron chi connectivity index (χ4n) is 0.905. The molecule has 0 amide bonds. The maximum atomic E-state index is 10.5. The molecule has 1 aromatic rings. The molecular weight excluding hydrogens is 170 g/mol. The highest BCUT2D eigenvalue weighted by Gasteiger charge is 2.15. The Balaban J connectivity index is 2.94. The summed E-state index contributed by atoms with van der Waals surface area (Å²) < 4.78 is 0. The van der Waals surface area contributed by atoms with E-state index in [0.29, 0.717) is 5.69 Å². The number of hydrogen-bond acceptors (Lipinski definition) is 4. The van der Waals surface area contributed by atoms with Crippen LogP contribution in [-0.2, 0) is 11.2 Å². The molecule has 3 N–H and O–H groups in total. The molecular formula is C8H11N3O2. The summed E-state index contributed by atoms with van der Waals surface area (Å²) in [5.41, 5.74) is 6.51. The van der Waals surface area contributed by atoms with Crippen LogP contribution in [0.2, 0.25) is 0 Å². The second-order valence-electron chi connectivity index (χ2n) is 2.60. The second kappa shape index (κ2) is 3.95. The zero-order chi connectivity index (χ0) is 9.84. The molecule has 0 aliphatic carbocycles. The first-order valence-electron chi connectivity index (χ1n) is 3.94. The Labute approximate surface area is 75.6 Å². The molecule has 0 aromatic carbocycles. The zero-order valence-electron chi connectivity index (χ0n) is 7.27. The van der Waals surface area contributed by atoms with E-state index in [-0.39, 0.29) is 0 Å². The largest absolute Gasteiger partial charge is 0.480 e. The number of carbonyl (C=O) groups is 1. The van der Waals surface area contributed by atoms with Crippen molar-refractivity contribution in [1.82, 2.24) is 9.97 Å². The minimum atomic E-state index is -1.08. The maximum absolute atomic E-state index is 10.5. The number of hydrogen-bond donors (Lipinski definition) is 2. The van der Waals surface area contributed by atoms with E-state index in [1.807, 2.05) is 6.92 Å². The molecule has 0 saturated heterocycles. The average molecular weight is 181 g/mol. The summed E-state index contributed by atoms with van der Waals surface area (Å²) in [5, 5.41) is 8.61. The number of rotatable bonds is 3. The van der Waals surface area contributed by atoms with Crippen LogP contribution in [-0.4, -0.2) is 21.0 Å². The first kappa shape index (κ1) is 9.60. The molecule has 0 bridgehead atoms. The van der Waals surface area contributed by atoms with E-state index in [4.69, 9.17) is 10.8 Å². The minimum Gasteiger partial charge on any atom is -0.480 e. The number of nitrogens with zero attached hydrogens (tertiary/aromatic N) is 2. The Morgan fingerprint density at radius 2 is 2.38 bits per heavy atom. The van der Waals surface area contributed by atoms with E-state index in [2.05, 4.69) is 9.97 Å². The van der Waals surface area contributed by atoms with E-state index in [1.165, 1.54) is 6.33 Å². The molecule has 70 valence electrons. The van der Waals surface area contributed by atoms with Crippen LogP contribution in [0.4, 0.5) is 0 Å². The van der Waals surface area contributed by atoms with Crippen molar-refractivity contribution in [3.05, 3.63) is 23.8 Å². The van der Waals surface area contributed by atoms with Crippen molar-refractivity contribution < 1.29 is 9.90 Å². The van der Waals surface area contributed by atoms with Crippen LogP contribution in [0, 0.1) is 0 Å². The summed E-state index contributed by atoms with van der Waals surface area (Å²) in [6.07, 6.45) is 2.07. The Bertz CT molecular complexity index is 314. The molecule has 5 nitrogen and oxygen atoms in total. The lowest BCUT2D eigenvalue weighted by molar-refractivity contribution is -0.138. The van der Waals surface area contributed by atoms with Gasteiger partial charge in [-0.1, -0.05) is 6.92 Å². The molecule has 5 heteroatoms. The van der Waals surface area contributed by atoms with Gasteiger partial charge < -0.3 is 10.8 Å². The van der Waals surface area contributed by atoms with Crippen molar-refractivity contribution in [2.24, 2.45) is 5.73 Å². The van der Waals surface area contributed by atoms with Gasteiger partial charge in [-0.15, -0.1) is 0 Å². The highest BCUT2D eigenvalue weighted by molar-refractivity contribution is 5.74. The number of aryl methyl sites for hydroxylation is 1. The van der Waals surface area contributed by atoms with Gasteiger partial charge >= 0.3 is 5.97 Å². The summed E-state index contributed by atoms with van der Waals surface area (Å²) in [6.45, 7) is 1.93. The van der Waals surface area contributed by atoms with Gasteiger partial charge in [-0.2, -0.15) is 0 Å². The fourth-order valence-corrected chi connectivity index (χ4v) is 0.905. The van der Waals surface area contributed by atoms with Gasteiger partial charge in [0, 0.05) is 5.69 Å². The van der Waals surface area contributed by atoms with Gasteiger partial charge in [0.25, 0.3) is 0 Å². The van der Waals surface area contributed by atoms with Gasteiger partial charge in [0.15, 0.2) is 0 Å². The minimum absolute atomic E-state index is 0.347. The highest BCUT2D eigenvalue weighted by atomic mass is 16.4. The molecule has 0 spiro atoms. The molecule has 0 radical (unpaired) electrons. The SMILES string of the molecule is CCc1cc(C(N)C(=O)O)ncn1. The van der Waals surface area contributed by atoms with E-state index < -0.39 is 12.0 Å². The van der Waals surface area contributed by atoms with E-state index in [0.717, 1.165) is 12.1 Å². The van der Waals surface area contributed by atoms with Gasteiger partial charge in [-0.3, -0.25) is 4.79 Å². The van der Waals surface area contributed by atoms with E-state index in [1.54, 1.807) is 6.07 Å². The van der Waals surface area contributed by atoms with Crippen molar-refractivity contribution in [2.75, 3.05) is 0 Å². The molecule has 0 aliphatic rings. The topological polar surface area (TPSA) is 89.1 Å². The van der Waals surface area contributed by atoms with Gasteiger partial charge in [0.1, 0.15) is 12.4 Å². The lowest BCUT2D eigenvalue weighted by atomic mass is 10.2. The van der Waals surface area contributed by atoms with Gasteiger partial charge in [0.2, 0.25) is 0 Å². The second-order valence-corrected chi connectivity index (χ2v) is 2.60. The van der Waals surface area contributed by atoms with Crippen LogP contribution in [0.5, 0.6) is 0 Å². The number of nitrogens with two attached hydrogens (primary N) is 1. The Hall–Kier alpha value is -1.49. The van der Waals surface area contributed by atoms with Crippen molar-refractivity contribution in [1.29, 1.82) is 0 Å². The lowest BCUT2D eigenvalue weighted by Gasteiger charge is -2.05. The number of carboxylic acid groups (broad SMARTS) is 1. The third-order valence-electron chi connectivity index (χ3n) is 1.69. The van der Waals surface area contributed by atoms with Crippen molar-refractivity contribution in [3.8, 4) is 0 Å². The van der Waals surface area contributed by atoms with Crippen molar-refractivity contribution in [3.63, 3.8) is 0 Å². The first-order valence-corrected chi connectivity index (χ1v) is 3.94. The zero-order valence-corrected chi connectivity index (χ0v) is 7.27. The quantitative estimate of drug-likeness (QED) is 0.691. The summed E-state index contributed by atoms with van der Waals surface area (Å²) >= 11 is 0. The number of aromatic nitrogens is 2. The molecule has 0 aliphatic heterocycles. The predicted octanol–water partition coefficient (Wildman–Crippen LogP) is 0.123. The molecule has 1 unspecified atom stereocenters. The molecule has 1 aromatic heterocycles. The molecule has 1 atom stereocenters. The van der Waals surface area contributed by atoms with Gasteiger partial charge in [-0.05, 0) is 12.5 Å². The van der Waals surface area contributed by atoms with Gasteiger partial charge in [0.05, 0.1) is 5.69 Å². The number of aliphatic carboxylic acids is 1. The van der Waals surface area contributed by atoms with Crippen LogP contribution in [0.25, 0.3) is 0 Å². The third kappa shape index (κ3) is 2.22. The van der Waals surface area contributed by atoms with Crippen LogP contribution in [0.3, 0.4) is 0 Å². The Morgan fingerprint density at radius 1 is 1.69 bits per heavy atom. The number of carboxylic acids is 1. The molecule has 0 fully saturated rings. The first-order chi connectivity index (χ1) is 6.15. The van der Waals surface area contributed by atoms with Crippen molar-refractivity contribution >= 4 is 5.97 Å². The smallest absolute Gasteiger partial charge is 0.326 e. The fraction of sp³-hybridized carbons (Fsp3) is 0.375. The van der Waals surface area contributed by atoms with Crippen LogP contribution >= 0.6 is 0 Å². The highest BCUT2D eigenvalue weighted by Crippen LogP contribution is 2.07. The Morgan fingerprint density at radius 3 is 2.92 bits per heavy atom. The summed E-state index contributed by atoms with van der Waals surface area (Å²) in [4.78, 5) is 18.2. The standard InChI is InChI=1S/C8H11N3O2/c1-2-5-3-6(11-4-10-5)7(9)8(12)13/h3-4,7H,2,9H2,1H3,(H,12,13). The van der Waals surface area contributed by atoms with E-state index in [9.17, 15) is 4.79 Å². The molecule has 13 heavy (non-hydrogen) atoms. The average Bonchev–Trinajstić information content (AvgIpc) is 2.16. The van der Waals surface area contributed by atoms with Crippen molar-refractivity contribution in [2.45, 2.75) is 19.4 Å². The summed E-state index contributed by atoms with van der Waals surface area (Å²) in [6, 6.07) is 0.548. The molecule has 1 heterocycles. The van der Waals surface area contributed by atoms with Crippen LogP contribution in [0.15, 0.2) is 12.4 Å². The predicted molar refractivity (Wildman–Crippen MR) is 46.0 cm³/mol. The normalized spacial score (nSPS) is 12.5. The monoisotopic (exact) mass is 181 g/mol. The third-order valence-corrected chi connectivity index (χ3v) is 1.69. The molecule has 1 rings (SSSR count). The Kier molecular flexibility index (Phi) is 2.92. The van der Waals surface area contributed by atoms with Crippen LogP contribution < -0.4 is 5.73 Å². The van der Waals surface area contributed by atoms with Gasteiger partial charge in [-0.25, -0.2) is 9.97 Å². The van der Waals surface area contributed by atoms with Crippen LogP contribution in [0.1, 0.15) is 24.4 Å². The maximum Gasteiger partial charge on any atom is 0.326 e. The summed E-state index contributed by atoms with van der Waals surface area (Å²) in [5.74, 6) is -1.08. The summed E-state index contributed by atoms with van der Waals surface area (Å²) in [7, 11) is 0. The molecule has 0 saturated carbocycles. The van der Waals surface area contributed by atoms with E-state index >= 15 is 0 Å². The lowest BCUT2D eigenvalue weighted by Crippen LogP contribution is -2.22.